The Hall–Kier alpha value is -1.26. The van der Waals surface area contributed by atoms with E-state index in [9.17, 15) is 0 Å². The lowest BCUT2D eigenvalue weighted by atomic mass is 9.84. The van der Waals surface area contributed by atoms with Crippen LogP contribution < -0.4 is 5.32 Å². The van der Waals surface area contributed by atoms with Crippen molar-refractivity contribution in [3.05, 3.63) is 23.8 Å². The van der Waals surface area contributed by atoms with Gasteiger partial charge in [-0.05, 0) is 55.0 Å². The summed E-state index contributed by atoms with van der Waals surface area (Å²) in [5, 5.41) is 9.04. The molecular weight excluding hydrogens is 310 g/mol. The summed E-state index contributed by atoms with van der Waals surface area (Å²) in [7, 11) is 0. The van der Waals surface area contributed by atoms with Gasteiger partial charge in [-0.3, -0.25) is 0 Å². The zero-order valence-electron chi connectivity index (χ0n) is 14.1. The number of benzene rings is 1. The number of piperidine rings is 3. The molecule has 3 aliphatic heterocycles. The lowest BCUT2D eigenvalue weighted by molar-refractivity contribution is 0.0973. The van der Waals surface area contributed by atoms with Gasteiger partial charge in [-0.2, -0.15) is 0 Å². The number of anilines is 1. The number of hydrogen-bond acceptors (Lipinski definition) is 4. The van der Waals surface area contributed by atoms with Crippen LogP contribution in [0.15, 0.2) is 22.7 Å². The van der Waals surface area contributed by atoms with Crippen molar-refractivity contribution < 1.29 is 4.52 Å². The van der Waals surface area contributed by atoms with Crippen LogP contribution in [-0.4, -0.2) is 35.7 Å². The first-order valence-electron chi connectivity index (χ1n) is 8.39. The first-order chi connectivity index (χ1) is 10.5. The molecule has 0 radical (unpaired) electrons. The van der Waals surface area contributed by atoms with Crippen LogP contribution in [0, 0.1) is 5.92 Å². The van der Waals surface area contributed by atoms with Crippen molar-refractivity contribution >= 4 is 29.2 Å². The molecule has 0 spiro atoms. The number of fused-ring (bicyclic) bond motifs is 4. The summed E-state index contributed by atoms with van der Waals surface area (Å²) in [4.78, 5) is 2.55. The topological polar surface area (TPSA) is 41.3 Å². The van der Waals surface area contributed by atoms with Crippen LogP contribution in [0.25, 0.3) is 11.0 Å². The van der Waals surface area contributed by atoms with Crippen molar-refractivity contribution in [1.82, 2.24) is 10.1 Å². The maximum atomic E-state index is 5.58. The highest BCUT2D eigenvalue weighted by Crippen LogP contribution is 2.33. The molecule has 1 aromatic carbocycles. The van der Waals surface area contributed by atoms with Crippen molar-refractivity contribution in [2.24, 2.45) is 5.92 Å². The van der Waals surface area contributed by atoms with E-state index in [1.165, 1.54) is 31.5 Å². The van der Waals surface area contributed by atoms with Crippen molar-refractivity contribution in [2.45, 2.75) is 45.1 Å². The largest absolute Gasteiger partial charge is 0.362 e. The summed E-state index contributed by atoms with van der Waals surface area (Å²) in [5.74, 6) is 1.69. The van der Waals surface area contributed by atoms with Gasteiger partial charge in [0.25, 0.3) is 0 Å². The van der Waals surface area contributed by atoms with Gasteiger partial charge in [0.1, 0.15) is 0 Å². The minimum Gasteiger partial charge on any atom is -0.362 e. The highest BCUT2D eigenvalue weighted by atomic mass is 35.5. The van der Waals surface area contributed by atoms with Gasteiger partial charge in [-0.15, -0.1) is 12.4 Å². The van der Waals surface area contributed by atoms with Crippen LogP contribution in [-0.2, 0) is 5.41 Å². The van der Waals surface area contributed by atoms with Crippen molar-refractivity contribution in [3.8, 4) is 0 Å². The molecule has 1 atom stereocenters. The van der Waals surface area contributed by atoms with E-state index in [2.05, 4.69) is 54.3 Å². The summed E-state index contributed by atoms with van der Waals surface area (Å²) < 4.78 is 5.58. The summed E-state index contributed by atoms with van der Waals surface area (Å²) in [6.45, 7) is 10.3. The Morgan fingerprint density at radius 2 is 1.96 bits per heavy atom. The molecule has 0 aliphatic carbocycles. The molecule has 1 aromatic heterocycles. The molecule has 23 heavy (non-hydrogen) atoms. The van der Waals surface area contributed by atoms with E-state index in [1.807, 2.05) is 0 Å². The second-order valence-corrected chi connectivity index (χ2v) is 7.88. The quantitative estimate of drug-likeness (QED) is 0.898. The van der Waals surface area contributed by atoms with Crippen LogP contribution in [0.3, 0.4) is 0 Å². The first-order valence-corrected chi connectivity index (χ1v) is 8.39. The summed E-state index contributed by atoms with van der Waals surface area (Å²) in [6, 6.07) is 6.99. The third-order valence-corrected chi connectivity index (χ3v) is 5.32. The number of aromatic nitrogens is 1. The highest BCUT2D eigenvalue weighted by Gasteiger charge is 2.34. The van der Waals surface area contributed by atoms with Crippen LogP contribution in [0.4, 0.5) is 5.82 Å². The average molecular weight is 336 g/mol. The molecule has 0 saturated carbocycles. The number of nitrogens with one attached hydrogen (secondary N) is 1. The first kappa shape index (κ1) is 16.6. The molecule has 5 rings (SSSR count). The molecule has 126 valence electrons. The second kappa shape index (κ2) is 5.99. The van der Waals surface area contributed by atoms with E-state index in [-0.39, 0.29) is 17.8 Å². The predicted octanol–water partition coefficient (Wildman–Crippen LogP) is 4.05. The molecule has 3 saturated heterocycles. The minimum atomic E-state index is 0. The molecule has 1 N–H and O–H groups in total. The van der Waals surface area contributed by atoms with Gasteiger partial charge in [0, 0.05) is 12.6 Å². The average Bonchev–Trinajstić information content (AvgIpc) is 2.90. The molecule has 0 amide bonds. The SMILES string of the molecule is CC(C)(C)c1ccc2c(N[C@H]3CN4CCC3CC4)noc2c1.Cl. The van der Waals surface area contributed by atoms with E-state index in [0.717, 1.165) is 29.2 Å². The molecule has 5 heteroatoms. The van der Waals surface area contributed by atoms with E-state index >= 15 is 0 Å². The van der Waals surface area contributed by atoms with Gasteiger partial charge in [0.05, 0.1) is 5.39 Å². The summed E-state index contributed by atoms with van der Waals surface area (Å²) >= 11 is 0. The van der Waals surface area contributed by atoms with Crippen molar-refractivity contribution in [1.29, 1.82) is 0 Å². The molecule has 0 unspecified atom stereocenters. The zero-order chi connectivity index (χ0) is 15.3. The maximum absolute atomic E-state index is 5.58. The highest BCUT2D eigenvalue weighted by molar-refractivity contribution is 5.88. The Bertz CT molecular complexity index is 683. The van der Waals surface area contributed by atoms with Gasteiger partial charge >= 0.3 is 0 Å². The van der Waals surface area contributed by atoms with E-state index < -0.39 is 0 Å². The fourth-order valence-electron chi connectivity index (χ4n) is 3.81. The van der Waals surface area contributed by atoms with Gasteiger partial charge in [0.15, 0.2) is 11.4 Å². The fourth-order valence-corrected chi connectivity index (χ4v) is 3.81. The van der Waals surface area contributed by atoms with Crippen LogP contribution in [0.1, 0.15) is 39.2 Å². The third-order valence-electron chi connectivity index (χ3n) is 5.32. The Morgan fingerprint density at radius 1 is 1.22 bits per heavy atom. The van der Waals surface area contributed by atoms with E-state index in [0.29, 0.717) is 6.04 Å². The number of halogens is 1. The molecule has 4 nitrogen and oxygen atoms in total. The number of nitrogens with zero attached hydrogens (tertiary/aromatic N) is 2. The van der Waals surface area contributed by atoms with Crippen molar-refractivity contribution in [3.63, 3.8) is 0 Å². The van der Waals surface area contributed by atoms with Gasteiger partial charge < -0.3 is 14.7 Å². The fraction of sp³-hybridized carbons (Fsp3) is 0.611. The lowest BCUT2D eigenvalue weighted by Gasteiger charge is -2.44. The molecular formula is C18H26ClN3O. The summed E-state index contributed by atoms with van der Waals surface area (Å²) in [5.41, 5.74) is 2.30. The van der Waals surface area contributed by atoms with E-state index in [4.69, 9.17) is 4.52 Å². The van der Waals surface area contributed by atoms with E-state index in [1.54, 1.807) is 0 Å². The Balaban J connectivity index is 0.00000156. The Kier molecular flexibility index (Phi) is 4.32. The predicted molar refractivity (Wildman–Crippen MR) is 96.5 cm³/mol. The van der Waals surface area contributed by atoms with Crippen LogP contribution in [0.2, 0.25) is 0 Å². The van der Waals surface area contributed by atoms with Crippen LogP contribution in [0.5, 0.6) is 0 Å². The van der Waals surface area contributed by atoms with Crippen molar-refractivity contribution in [2.75, 3.05) is 25.0 Å². The maximum Gasteiger partial charge on any atom is 0.177 e. The zero-order valence-corrected chi connectivity index (χ0v) is 14.9. The smallest absolute Gasteiger partial charge is 0.177 e. The lowest BCUT2D eigenvalue weighted by Crippen LogP contribution is -2.53. The van der Waals surface area contributed by atoms with Gasteiger partial charge in [0.2, 0.25) is 0 Å². The molecule has 2 bridgehead atoms. The summed E-state index contributed by atoms with van der Waals surface area (Å²) in [6.07, 6.45) is 2.61. The van der Waals surface area contributed by atoms with Crippen LogP contribution >= 0.6 is 12.4 Å². The Labute approximate surface area is 144 Å². The monoisotopic (exact) mass is 335 g/mol. The van der Waals surface area contributed by atoms with Gasteiger partial charge in [-0.25, -0.2) is 0 Å². The molecule has 4 heterocycles. The second-order valence-electron chi connectivity index (χ2n) is 7.88. The standard InChI is InChI=1S/C18H25N3O.ClH/c1-18(2,3)13-4-5-14-16(10-13)22-20-17(14)19-15-11-21-8-6-12(15)7-9-21;/h4-5,10,12,15H,6-9,11H2,1-3H3,(H,19,20);1H/t15-;/m0./s1. The third kappa shape index (κ3) is 3.07. The minimum absolute atomic E-state index is 0. The Morgan fingerprint density at radius 3 is 2.57 bits per heavy atom. The van der Waals surface area contributed by atoms with Gasteiger partial charge in [-0.1, -0.05) is 32.0 Å². The number of rotatable bonds is 2. The number of hydrogen-bond donors (Lipinski definition) is 1. The normalized spacial score (nSPS) is 27.0. The molecule has 3 aliphatic rings. The molecule has 3 fully saturated rings. The molecule has 2 aromatic rings.